The van der Waals surface area contributed by atoms with Gasteiger partial charge < -0.3 is 15.6 Å². The second kappa shape index (κ2) is 6.14. The third-order valence-electron chi connectivity index (χ3n) is 3.71. The number of hydrazine groups is 1. The molecule has 1 aromatic heterocycles. The molecule has 7 nitrogen and oxygen atoms in total. The summed E-state index contributed by atoms with van der Waals surface area (Å²) in [7, 11) is 4.32. The van der Waals surface area contributed by atoms with Crippen LogP contribution in [0.15, 0.2) is 6.33 Å². The number of hydrogen-bond acceptors (Lipinski definition) is 7. The van der Waals surface area contributed by atoms with E-state index in [1.807, 2.05) is 6.92 Å². The van der Waals surface area contributed by atoms with Gasteiger partial charge in [0.25, 0.3) is 0 Å². The van der Waals surface area contributed by atoms with Crippen LogP contribution < -0.4 is 16.6 Å². The van der Waals surface area contributed by atoms with E-state index in [-0.39, 0.29) is 0 Å². The van der Waals surface area contributed by atoms with Gasteiger partial charge in [0.15, 0.2) is 0 Å². The highest BCUT2D eigenvalue weighted by atomic mass is 15.3. The Balaban J connectivity index is 1.98. The van der Waals surface area contributed by atoms with Gasteiger partial charge in [-0.05, 0) is 21.0 Å². The molecule has 1 aliphatic rings. The van der Waals surface area contributed by atoms with Crippen LogP contribution in [0.4, 0.5) is 11.6 Å². The molecule has 1 aliphatic heterocycles. The standard InChI is InChI=1S/C12H23N7/c1-9-11(15-8-16-12(9)17-13)14-6-10-7-18(2)4-5-19(10)3/h8,10H,4-7,13H2,1-3H3,(H2,14,15,16,17). The first-order valence-electron chi connectivity index (χ1n) is 6.52. The molecule has 0 radical (unpaired) electrons. The van der Waals surface area contributed by atoms with E-state index in [2.05, 4.69) is 44.6 Å². The molecule has 0 aliphatic carbocycles. The molecule has 0 aromatic carbocycles. The van der Waals surface area contributed by atoms with Gasteiger partial charge in [0.1, 0.15) is 18.0 Å². The highest BCUT2D eigenvalue weighted by Crippen LogP contribution is 2.17. The first-order valence-corrected chi connectivity index (χ1v) is 6.52. The Hall–Kier alpha value is -1.44. The van der Waals surface area contributed by atoms with Crippen LogP contribution in [0.1, 0.15) is 5.56 Å². The summed E-state index contributed by atoms with van der Waals surface area (Å²) in [6.07, 6.45) is 1.52. The topological polar surface area (TPSA) is 82.3 Å². The van der Waals surface area contributed by atoms with E-state index in [1.165, 1.54) is 6.33 Å². The van der Waals surface area contributed by atoms with Gasteiger partial charge in [0.05, 0.1) is 0 Å². The third-order valence-corrected chi connectivity index (χ3v) is 3.71. The lowest BCUT2D eigenvalue weighted by atomic mass is 10.2. The maximum absolute atomic E-state index is 5.42. The van der Waals surface area contributed by atoms with Crippen molar-refractivity contribution in [2.45, 2.75) is 13.0 Å². The van der Waals surface area contributed by atoms with Crippen LogP contribution in [0.25, 0.3) is 0 Å². The Morgan fingerprint density at radius 1 is 1.32 bits per heavy atom. The van der Waals surface area contributed by atoms with E-state index < -0.39 is 0 Å². The number of rotatable bonds is 4. The van der Waals surface area contributed by atoms with Crippen LogP contribution in [0.3, 0.4) is 0 Å². The number of aromatic nitrogens is 2. The zero-order chi connectivity index (χ0) is 13.8. The highest BCUT2D eigenvalue weighted by molar-refractivity contribution is 5.55. The Kier molecular flexibility index (Phi) is 4.52. The van der Waals surface area contributed by atoms with Crippen molar-refractivity contribution in [3.8, 4) is 0 Å². The zero-order valence-corrected chi connectivity index (χ0v) is 11.8. The van der Waals surface area contributed by atoms with Gasteiger partial charge in [0, 0.05) is 37.8 Å². The maximum Gasteiger partial charge on any atom is 0.148 e. The lowest BCUT2D eigenvalue weighted by molar-refractivity contribution is 0.122. The molecule has 2 heterocycles. The van der Waals surface area contributed by atoms with E-state index in [4.69, 9.17) is 5.84 Å². The van der Waals surface area contributed by atoms with Crippen molar-refractivity contribution in [3.05, 3.63) is 11.9 Å². The Bertz CT molecular complexity index is 423. The number of piperazine rings is 1. The minimum Gasteiger partial charge on any atom is -0.368 e. The number of hydrogen-bond donors (Lipinski definition) is 3. The lowest BCUT2D eigenvalue weighted by Gasteiger charge is -2.37. The van der Waals surface area contributed by atoms with E-state index in [9.17, 15) is 0 Å². The molecule has 0 amide bonds. The average Bonchev–Trinajstić information content (AvgIpc) is 2.41. The highest BCUT2D eigenvalue weighted by Gasteiger charge is 2.22. The molecule has 4 N–H and O–H groups in total. The molecule has 0 saturated carbocycles. The van der Waals surface area contributed by atoms with E-state index >= 15 is 0 Å². The lowest BCUT2D eigenvalue weighted by Crippen LogP contribution is -2.52. The van der Waals surface area contributed by atoms with Gasteiger partial charge in [-0.15, -0.1) is 0 Å². The molecule has 1 fully saturated rings. The van der Waals surface area contributed by atoms with Crippen LogP contribution in [-0.2, 0) is 0 Å². The van der Waals surface area contributed by atoms with E-state index in [0.717, 1.165) is 37.6 Å². The smallest absolute Gasteiger partial charge is 0.148 e. The number of nitrogens with zero attached hydrogens (tertiary/aromatic N) is 4. The third kappa shape index (κ3) is 3.31. The van der Waals surface area contributed by atoms with Gasteiger partial charge in [-0.3, -0.25) is 4.90 Å². The fraction of sp³-hybridized carbons (Fsp3) is 0.667. The summed E-state index contributed by atoms with van der Waals surface area (Å²) >= 11 is 0. The largest absolute Gasteiger partial charge is 0.368 e. The van der Waals surface area contributed by atoms with E-state index in [1.54, 1.807) is 0 Å². The van der Waals surface area contributed by atoms with E-state index in [0.29, 0.717) is 11.9 Å². The molecule has 0 spiro atoms. The quantitative estimate of drug-likeness (QED) is 0.510. The molecule has 7 heteroatoms. The monoisotopic (exact) mass is 265 g/mol. The number of nitrogen functional groups attached to an aromatic ring is 1. The summed E-state index contributed by atoms with van der Waals surface area (Å²) in [6.45, 7) is 6.11. The Morgan fingerprint density at radius 2 is 2.05 bits per heavy atom. The Labute approximate surface area is 114 Å². The predicted molar refractivity (Wildman–Crippen MR) is 77.0 cm³/mol. The minimum absolute atomic E-state index is 0.488. The summed E-state index contributed by atoms with van der Waals surface area (Å²) < 4.78 is 0. The van der Waals surface area contributed by atoms with Crippen LogP contribution in [0.5, 0.6) is 0 Å². The molecule has 1 aromatic rings. The number of anilines is 2. The van der Waals surface area contributed by atoms with Gasteiger partial charge >= 0.3 is 0 Å². The normalized spacial score (nSPS) is 21.4. The molecule has 0 bridgehead atoms. The first kappa shape index (κ1) is 14.0. The summed E-state index contributed by atoms with van der Waals surface area (Å²) in [5.41, 5.74) is 3.52. The molecule has 19 heavy (non-hydrogen) atoms. The number of nitrogens with one attached hydrogen (secondary N) is 2. The minimum atomic E-state index is 0.488. The Morgan fingerprint density at radius 3 is 2.79 bits per heavy atom. The van der Waals surface area contributed by atoms with Gasteiger partial charge in [-0.1, -0.05) is 0 Å². The SMILES string of the molecule is Cc1c(NN)ncnc1NCC1CN(C)CCN1C. The fourth-order valence-corrected chi connectivity index (χ4v) is 2.31. The van der Waals surface area contributed by atoms with Crippen LogP contribution in [0, 0.1) is 6.92 Å². The van der Waals surface area contributed by atoms with Gasteiger partial charge in [-0.2, -0.15) is 0 Å². The zero-order valence-electron chi connectivity index (χ0n) is 11.8. The average molecular weight is 265 g/mol. The molecule has 106 valence electrons. The van der Waals surface area contributed by atoms with Crippen molar-refractivity contribution in [1.82, 2.24) is 19.8 Å². The van der Waals surface area contributed by atoms with Crippen molar-refractivity contribution < 1.29 is 0 Å². The van der Waals surface area contributed by atoms with Crippen LogP contribution >= 0.6 is 0 Å². The molecular formula is C12H23N7. The van der Waals surface area contributed by atoms with Crippen molar-refractivity contribution >= 4 is 11.6 Å². The second-order valence-electron chi connectivity index (χ2n) is 5.12. The van der Waals surface area contributed by atoms with Crippen molar-refractivity contribution in [2.75, 3.05) is 51.0 Å². The predicted octanol–water partition coefficient (Wildman–Crippen LogP) is -0.272. The summed E-state index contributed by atoms with van der Waals surface area (Å²) in [4.78, 5) is 13.1. The fourth-order valence-electron chi connectivity index (χ4n) is 2.31. The molecule has 2 rings (SSSR count). The van der Waals surface area contributed by atoms with Crippen molar-refractivity contribution in [1.29, 1.82) is 0 Å². The first-order chi connectivity index (χ1) is 9.11. The summed E-state index contributed by atoms with van der Waals surface area (Å²) in [5.74, 6) is 6.91. The molecule has 1 atom stereocenters. The van der Waals surface area contributed by atoms with Gasteiger partial charge in [0.2, 0.25) is 0 Å². The number of nitrogens with two attached hydrogens (primary N) is 1. The van der Waals surface area contributed by atoms with Crippen molar-refractivity contribution in [3.63, 3.8) is 0 Å². The van der Waals surface area contributed by atoms with Crippen LogP contribution in [0.2, 0.25) is 0 Å². The molecule has 1 unspecified atom stereocenters. The van der Waals surface area contributed by atoms with Crippen LogP contribution in [-0.4, -0.2) is 66.1 Å². The van der Waals surface area contributed by atoms with Crippen molar-refractivity contribution in [2.24, 2.45) is 5.84 Å². The number of likely N-dealkylation sites (N-methyl/N-ethyl adjacent to an activating group) is 2. The maximum atomic E-state index is 5.42. The summed E-state index contributed by atoms with van der Waals surface area (Å²) in [5, 5.41) is 3.39. The molecular weight excluding hydrogens is 242 g/mol. The summed E-state index contributed by atoms with van der Waals surface area (Å²) in [6, 6.07) is 0.488. The molecule has 1 saturated heterocycles. The second-order valence-corrected chi connectivity index (χ2v) is 5.12. The van der Waals surface area contributed by atoms with Gasteiger partial charge in [-0.25, -0.2) is 15.8 Å².